The molecule has 0 aliphatic carbocycles. The van der Waals surface area contributed by atoms with Crippen molar-refractivity contribution in [3.8, 4) is 22.6 Å². The molecule has 34 heavy (non-hydrogen) atoms. The molecule has 2 rings (SSSR count). The van der Waals surface area contributed by atoms with E-state index in [1.54, 1.807) is 0 Å². The second kappa shape index (κ2) is 16.7. The van der Waals surface area contributed by atoms with E-state index in [4.69, 9.17) is 14.2 Å². The molecular weight excluding hydrogens is 431 g/mol. The van der Waals surface area contributed by atoms with Gasteiger partial charge in [0.05, 0.1) is 19.8 Å². The van der Waals surface area contributed by atoms with Crippen LogP contribution in [0.3, 0.4) is 0 Å². The molecule has 0 aliphatic rings. The molecule has 0 aliphatic heterocycles. The highest BCUT2D eigenvalue weighted by Crippen LogP contribution is 2.25. The Kier molecular flexibility index (Phi) is 13.5. The average molecular weight is 471 g/mol. The van der Waals surface area contributed by atoms with Crippen LogP contribution in [-0.2, 0) is 9.53 Å². The van der Waals surface area contributed by atoms with Crippen LogP contribution in [0.15, 0.2) is 60.9 Å². The summed E-state index contributed by atoms with van der Waals surface area (Å²) in [6.07, 6.45) is 11.1. The van der Waals surface area contributed by atoms with E-state index in [0.717, 1.165) is 54.9 Å². The highest BCUT2D eigenvalue weighted by Gasteiger charge is 2.06. The van der Waals surface area contributed by atoms with E-state index < -0.39 is 11.8 Å². The van der Waals surface area contributed by atoms with Gasteiger partial charge in [-0.3, -0.25) is 0 Å². The molecule has 2 aromatic rings. The van der Waals surface area contributed by atoms with Crippen molar-refractivity contribution in [1.29, 1.82) is 0 Å². The molecule has 0 atom stereocenters. The van der Waals surface area contributed by atoms with E-state index >= 15 is 0 Å². The number of rotatable bonds is 18. The van der Waals surface area contributed by atoms with Crippen molar-refractivity contribution in [3.63, 3.8) is 0 Å². The molecule has 0 bridgehead atoms. The summed E-state index contributed by atoms with van der Waals surface area (Å²) in [6.45, 7) is 6.77. The molecule has 0 radical (unpaired) electrons. The van der Waals surface area contributed by atoms with Crippen LogP contribution in [0.5, 0.6) is 11.5 Å². The molecule has 0 saturated carbocycles. The number of carbonyl (C=O) groups is 1. The molecule has 0 heterocycles. The minimum atomic E-state index is -1.05. The van der Waals surface area contributed by atoms with Crippen molar-refractivity contribution in [2.45, 2.75) is 71.1 Å². The molecule has 2 aromatic carbocycles. The summed E-state index contributed by atoms with van der Waals surface area (Å²) in [6, 6.07) is 16.4. The highest BCUT2D eigenvalue weighted by molar-refractivity contribution is 5.85. The van der Waals surface area contributed by atoms with Gasteiger partial charge in [-0.25, -0.2) is 4.79 Å². The normalized spacial score (nSPS) is 10.6. The lowest BCUT2D eigenvalue weighted by Gasteiger charge is -2.09. The van der Waals surface area contributed by atoms with Crippen molar-refractivity contribution in [2.75, 3.05) is 19.8 Å². The van der Waals surface area contributed by atoms with Gasteiger partial charge in [0, 0.05) is 0 Å². The smallest absolute Gasteiger partial charge is 0.366 e. The Morgan fingerprint density at radius 2 is 1.09 bits per heavy atom. The molecule has 0 spiro atoms. The molecule has 0 unspecified atom stereocenters. The van der Waals surface area contributed by atoms with Crippen LogP contribution in [0.25, 0.3) is 11.1 Å². The van der Waals surface area contributed by atoms with Crippen LogP contribution in [0.2, 0.25) is 0 Å². The summed E-state index contributed by atoms with van der Waals surface area (Å²) < 4.78 is 28.9. The third-order valence-electron chi connectivity index (χ3n) is 5.57. The van der Waals surface area contributed by atoms with Crippen LogP contribution in [0.4, 0.5) is 4.39 Å². The molecule has 0 N–H and O–H groups in total. The van der Waals surface area contributed by atoms with E-state index in [1.807, 2.05) is 24.3 Å². The maximum absolute atomic E-state index is 12.5. The largest absolute Gasteiger partial charge is 0.494 e. The van der Waals surface area contributed by atoms with E-state index in [9.17, 15) is 9.18 Å². The Hall–Kier alpha value is -2.82. The van der Waals surface area contributed by atoms with E-state index in [1.165, 1.54) is 32.1 Å². The first-order valence-electron chi connectivity index (χ1n) is 12.6. The number of hydrogen-bond acceptors (Lipinski definition) is 4. The molecule has 0 fully saturated rings. The first-order valence-corrected chi connectivity index (χ1v) is 12.6. The van der Waals surface area contributed by atoms with Crippen molar-refractivity contribution >= 4 is 5.97 Å². The average Bonchev–Trinajstić information content (AvgIpc) is 2.85. The van der Waals surface area contributed by atoms with E-state index in [2.05, 4.69) is 37.8 Å². The summed E-state index contributed by atoms with van der Waals surface area (Å²) in [5.41, 5.74) is 2.29. The van der Waals surface area contributed by atoms with Crippen LogP contribution >= 0.6 is 0 Å². The van der Waals surface area contributed by atoms with Gasteiger partial charge in [-0.1, -0.05) is 69.9 Å². The van der Waals surface area contributed by atoms with Gasteiger partial charge in [0.1, 0.15) is 11.5 Å². The van der Waals surface area contributed by atoms with Crippen LogP contribution in [0.1, 0.15) is 71.1 Å². The molecule has 0 aromatic heterocycles. The lowest BCUT2D eigenvalue weighted by Crippen LogP contribution is -2.05. The number of unbranched alkanes of at least 4 members (excludes halogenated alkanes) is 8. The monoisotopic (exact) mass is 470 g/mol. The van der Waals surface area contributed by atoms with Gasteiger partial charge in [-0.05, 0) is 67.5 Å². The first kappa shape index (κ1) is 27.4. The number of hydrogen-bond donors (Lipinski definition) is 0. The van der Waals surface area contributed by atoms with Crippen LogP contribution in [0, 0.1) is 0 Å². The van der Waals surface area contributed by atoms with Gasteiger partial charge in [0.15, 0.2) is 0 Å². The van der Waals surface area contributed by atoms with Crippen LogP contribution < -0.4 is 9.47 Å². The zero-order chi connectivity index (χ0) is 24.4. The van der Waals surface area contributed by atoms with E-state index in [0.29, 0.717) is 13.0 Å². The maximum atomic E-state index is 12.5. The quantitative estimate of drug-likeness (QED) is 0.126. The molecule has 4 nitrogen and oxygen atoms in total. The predicted octanol–water partition coefficient (Wildman–Crippen LogP) is 8.06. The predicted molar refractivity (Wildman–Crippen MR) is 136 cm³/mol. The SMILES string of the molecule is C=C(F)C(=O)OCCCCCCOc1ccc(-c2ccc(OCCCCCCCC)cc2)cc1. The Morgan fingerprint density at radius 1 is 0.676 bits per heavy atom. The van der Waals surface area contributed by atoms with Crippen molar-refractivity contribution in [2.24, 2.45) is 0 Å². The number of carbonyl (C=O) groups excluding carboxylic acids is 1. The van der Waals surface area contributed by atoms with Gasteiger partial charge >= 0.3 is 5.97 Å². The Morgan fingerprint density at radius 3 is 1.53 bits per heavy atom. The van der Waals surface area contributed by atoms with Gasteiger partial charge in [0.2, 0.25) is 5.83 Å². The summed E-state index contributed by atoms with van der Waals surface area (Å²) in [4.78, 5) is 10.9. The molecule has 5 heteroatoms. The van der Waals surface area contributed by atoms with Crippen molar-refractivity contribution in [3.05, 3.63) is 60.9 Å². The Bertz CT molecular complexity index is 830. The number of benzene rings is 2. The van der Waals surface area contributed by atoms with E-state index in [-0.39, 0.29) is 6.61 Å². The summed E-state index contributed by atoms with van der Waals surface area (Å²) >= 11 is 0. The Labute approximate surface area is 204 Å². The molecule has 0 amide bonds. The Balaban J connectivity index is 1.60. The zero-order valence-electron chi connectivity index (χ0n) is 20.5. The maximum Gasteiger partial charge on any atom is 0.366 e. The van der Waals surface area contributed by atoms with Gasteiger partial charge < -0.3 is 14.2 Å². The fourth-order valence-corrected chi connectivity index (χ4v) is 3.55. The minimum absolute atomic E-state index is 0.219. The third kappa shape index (κ3) is 11.4. The summed E-state index contributed by atoms with van der Waals surface area (Å²) in [5, 5.41) is 0. The van der Waals surface area contributed by atoms with Crippen molar-refractivity contribution < 1.29 is 23.4 Å². The fraction of sp³-hybridized carbons (Fsp3) is 0.483. The lowest BCUT2D eigenvalue weighted by atomic mass is 10.1. The third-order valence-corrected chi connectivity index (χ3v) is 5.57. The highest BCUT2D eigenvalue weighted by atomic mass is 19.1. The number of halogens is 1. The van der Waals surface area contributed by atoms with Gasteiger partial charge in [-0.2, -0.15) is 4.39 Å². The molecule has 0 saturated heterocycles. The second-order valence-electron chi connectivity index (χ2n) is 8.47. The second-order valence-corrected chi connectivity index (χ2v) is 8.47. The summed E-state index contributed by atoms with van der Waals surface area (Å²) in [7, 11) is 0. The molecule has 186 valence electrons. The lowest BCUT2D eigenvalue weighted by molar-refractivity contribution is -0.140. The summed E-state index contributed by atoms with van der Waals surface area (Å²) in [5.74, 6) is -0.259. The van der Waals surface area contributed by atoms with Gasteiger partial charge in [0.25, 0.3) is 0 Å². The minimum Gasteiger partial charge on any atom is -0.494 e. The standard InChI is InChI=1S/C29H39FO4/c1-3-4-5-6-7-10-21-32-27-17-13-25(14-18-27)26-15-19-28(20-16-26)33-22-11-8-9-12-23-34-29(31)24(2)30/h13-20H,2-12,21-23H2,1H3. The topological polar surface area (TPSA) is 44.8 Å². The van der Waals surface area contributed by atoms with Crippen LogP contribution in [-0.4, -0.2) is 25.8 Å². The number of ether oxygens (including phenoxy) is 3. The molecular formula is C29H39FO4. The van der Waals surface area contributed by atoms with Gasteiger partial charge in [-0.15, -0.1) is 0 Å². The fourth-order valence-electron chi connectivity index (χ4n) is 3.55. The zero-order valence-corrected chi connectivity index (χ0v) is 20.5. The first-order chi connectivity index (χ1) is 16.6. The van der Waals surface area contributed by atoms with Crippen molar-refractivity contribution in [1.82, 2.24) is 0 Å². The number of esters is 1.